The number of hydrogen-bond acceptors (Lipinski definition) is 3. The second-order valence-electron chi connectivity index (χ2n) is 4.98. The summed E-state index contributed by atoms with van der Waals surface area (Å²) in [7, 11) is 1.97. The summed E-state index contributed by atoms with van der Waals surface area (Å²) in [5, 5.41) is 3.19. The summed E-state index contributed by atoms with van der Waals surface area (Å²) in [5.74, 6) is 0.893. The highest BCUT2D eigenvalue weighted by Gasteiger charge is 2.10. The molecule has 0 spiro atoms. The number of pyridine rings is 1. The fourth-order valence-corrected chi connectivity index (χ4v) is 2.36. The Balaban J connectivity index is 2.06. The Labute approximate surface area is 118 Å². The second-order valence-corrected chi connectivity index (χ2v) is 4.98. The van der Waals surface area contributed by atoms with Crippen molar-refractivity contribution in [3.05, 3.63) is 47.7 Å². The van der Waals surface area contributed by atoms with Crippen LogP contribution in [-0.4, -0.2) is 28.5 Å². The minimum atomic E-state index is 0.772. The molecule has 0 atom stereocenters. The van der Waals surface area contributed by atoms with Crippen molar-refractivity contribution in [2.45, 2.75) is 13.3 Å². The van der Waals surface area contributed by atoms with E-state index in [9.17, 15) is 0 Å². The summed E-state index contributed by atoms with van der Waals surface area (Å²) in [5.41, 5.74) is 5.34. The molecule has 2 N–H and O–H groups in total. The lowest BCUT2D eigenvalue weighted by atomic mass is 10.0. The van der Waals surface area contributed by atoms with E-state index in [1.165, 1.54) is 5.56 Å². The van der Waals surface area contributed by atoms with E-state index in [0.29, 0.717) is 0 Å². The second kappa shape index (κ2) is 5.43. The quantitative estimate of drug-likeness (QED) is 0.763. The number of nitrogens with one attached hydrogen (secondary N) is 2. The van der Waals surface area contributed by atoms with Crippen LogP contribution < -0.4 is 5.32 Å². The van der Waals surface area contributed by atoms with E-state index >= 15 is 0 Å². The van der Waals surface area contributed by atoms with Crippen LogP contribution in [0.3, 0.4) is 0 Å². The third-order valence-electron chi connectivity index (χ3n) is 3.39. The predicted octanol–water partition coefficient (Wildman–Crippen LogP) is 2.70. The van der Waals surface area contributed by atoms with Gasteiger partial charge in [0.05, 0.1) is 5.52 Å². The molecule has 0 bridgehead atoms. The van der Waals surface area contributed by atoms with Crippen molar-refractivity contribution in [2.75, 3.05) is 13.6 Å². The number of aryl methyl sites for hydroxylation is 1. The number of hydrogen-bond donors (Lipinski definition) is 2. The van der Waals surface area contributed by atoms with Gasteiger partial charge in [0.15, 0.2) is 5.65 Å². The van der Waals surface area contributed by atoms with E-state index in [1.54, 1.807) is 0 Å². The minimum absolute atomic E-state index is 0.772. The predicted molar refractivity (Wildman–Crippen MR) is 81.7 cm³/mol. The zero-order valence-electron chi connectivity index (χ0n) is 11.8. The van der Waals surface area contributed by atoms with Crippen LogP contribution in [0.5, 0.6) is 0 Å². The highest BCUT2D eigenvalue weighted by molar-refractivity contribution is 5.77. The monoisotopic (exact) mass is 266 g/mol. The maximum absolute atomic E-state index is 4.61. The van der Waals surface area contributed by atoms with Crippen LogP contribution in [0.1, 0.15) is 11.1 Å². The van der Waals surface area contributed by atoms with Crippen LogP contribution in [-0.2, 0) is 6.42 Å². The van der Waals surface area contributed by atoms with Gasteiger partial charge >= 0.3 is 0 Å². The lowest BCUT2D eigenvalue weighted by Crippen LogP contribution is -2.10. The zero-order valence-corrected chi connectivity index (χ0v) is 11.8. The number of aromatic amines is 1. The first kappa shape index (κ1) is 12.8. The first-order valence-electron chi connectivity index (χ1n) is 6.83. The number of likely N-dealkylation sites (N-methyl/N-ethyl adjacent to an activating group) is 1. The molecule has 0 fully saturated rings. The van der Waals surface area contributed by atoms with Gasteiger partial charge in [0.2, 0.25) is 0 Å². The number of rotatable bonds is 4. The van der Waals surface area contributed by atoms with Crippen molar-refractivity contribution in [2.24, 2.45) is 0 Å². The number of nitrogens with zero attached hydrogens (tertiary/aromatic N) is 2. The SMILES string of the molecule is CNCCc1ccccc1-c1nc2ncc(C)cc2[nH]1. The van der Waals surface area contributed by atoms with Crippen molar-refractivity contribution >= 4 is 11.2 Å². The van der Waals surface area contributed by atoms with E-state index in [2.05, 4.69) is 44.5 Å². The largest absolute Gasteiger partial charge is 0.337 e. The number of imidazole rings is 1. The molecule has 2 heterocycles. The van der Waals surface area contributed by atoms with Gasteiger partial charge in [-0.15, -0.1) is 0 Å². The van der Waals surface area contributed by atoms with Crippen LogP contribution in [0.4, 0.5) is 0 Å². The van der Waals surface area contributed by atoms with Gasteiger partial charge in [-0.2, -0.15) is 0 Å². The first-order chi connectivity index (χ1) is 9.78. The fourth-order valence-electron chi connectivity index (χ4n) is 2.36. The average Bonchev–Trinajstić information content (AvgIpc) is 2.88. The smallest absolute Gasteiger partial charge is 0.178 e. The third-order valence-corrected chi connectivity index (χ3v) is 3.39. The van der Waals surface area contributed by atoms with Gasteiger partial charge in [-0.05, 0) is 44.1 Å². The summed E-state index contributed by atoms with van der Waals surface area (Å²) in [6, 6.07) is 10.5. The van der Waals surface area contributed by atoms with Crippen LogP contribution in [0.25, 0.3) is 22.6 Å². The number of fused-ring (bicyclic) bond motifs is 1. The molecule has 1 aromatic carbocycles. The highest BCUT2D eigenvalue weighted by atomic mass is 15.0. The molecule has 3 rings (SSSR count). The molecule has 0 amide bonds. The van der Waals surface area contributed by atoms with Crippen molar-refractivity contribution in [1.82, 2.24) is 20.3 Å². The summed E-state index contributed by atoms with van der Waals surface area (Å²) < 4.78 is 0. The molecular formula is C16H18N4. The topological polar surface area (TPSA) is 53.6 Å². The number of benzene rings is 1. The lowest BCUT2D eigenvalue weighted by Gasteiger charge is -2.06. The molecule has 102 valence electrons. The summed E-state index contributed by atoms with van der Waals surface area (Å²) in [6.07, 6.45) is 2.83. The molecule has 20 heavy (non-hydrogen) atoms. The lowest BCUT2D eigenvalue weighted by molar-refractivity contribution is 0.792. The number of H-pyrrole nitrogens is 1. The Morgan fingerprint density at radius 1 is 1.25 bits per heavy atom. The molecule has 0 unspecified atom stereocenters. The normalized spacial score (nSPS) is 11.1. The van der Waals surface area contributed by atoms with Gasteiger partial charge < -0.3 is 10.3 Å². The maximum atomic E-state index is 4.61. The molecule has 0 aliphatic rings. The van der Waals surface area contributed by atoms with Crippen LogP contribution in [0, 0.1) is 6.92 Å². The van der Waals surface area contributed by atoms with E-state index in [0.717, 1.165) is 41.1 Å². The summed E-state index contributed by atoms with van der Waals surface area (Å²) in [4.78, 5) is 12.3. The molecule has 0 saturated carbocycles. The van der Waals surface area contributed by atoms with Crippen LogP contribution in [0.15, 0.2) is 36.5 Å². The summed E-state index contributed by atoms with van der Waals surface area (Å²) in [6.45, 7) is 2.99. The van der Waals surface area contributed by atoms with Gasteiger partial charge in [-0.1, -0.05) is 24.3 Å². The average molecular weight is 266 g/mol. The van der Waals surface area contributed by atoms with Crippen LogP contribution >= 0.6 is 0 Å². The van der Waals surface area contributed by atoms with Crippen molar-refractivity contribution < 1.29 is 0 Å². The fraction of sp³-hybridized carbons (Fsp3) is 0.250. The Bertz CT molecular complexity index is 730. The zero-order chi connectivity index (χ0) is 13.9. The van der Waals surface area contributed by atoms with E-state index in [1.807, 2.05) is 26.2 Å². The van der Waals surface area contributed by atoms with Gasteiger partial charge in [0.1, 0.15) is 5.82 Å². The molecule has 0 radical (unpaired) electrons. The van der Waals surface area contributed by atoms with Gasteiger partial charge in [-0.3, -0.25) is 0 Å². The Kier molecular flexibility index (Phi) is 3.48. The first-order valence-corrected chi connectivity index (χ1v) is 6.83. The maximum Gasteiger partial charge on any atom is 0.178 e. The van der Waals surface area contributed by atoms with Crippen LogP contribution in [0.2, 0.25) is 0 Å². The van der Waals surface area contributed by atoms with Gasteiger partial charge in [-0.25, -0.2) is 9.97 Å². The van der Waals surface area contributed by atoms with Crippen molar-refractivity contribution in [3.63, 3.8) is 0 Å². The van der Waals surface area contributed by atoms with E-state index < -0.39 is 0 Å². The third kappa shape index (κ3) is 2.42. The molecule has 0 aliphatic heterocycles. The van der Waals surface area contributed by atoms with Gasteiger partial charge in [0.25, 0.3) is 0 Å². The molecule has 2 aromatic heterocycles. The molecular weight excluding hydrogens is 248 g/mol. The Hall–Kier alpha value is -2.20. The van der Waals surface area contributed by atoms with Crippen molar-refractivity contribution in [3.8, 4) is 11.4 Å². The number of aromatic nitrogens is 3. The van der Waals surface area contributed by atoms with E-state index in [4.69, 9.17) is 0 Å². The molecule has 0 saturated heterocycles. The standard InChI is InChI=1S/C16H18N4/c1-11-9-14-16(18-10-11)20-15(19-14)13-6-4-3-5-12(13)7-8-17-2/h3-6,9-10,17H,7-8H2,1-2H3,(H,18,19,20). The molecule has 4 heteroatoms. The van der Waals surface area contributed by atoms with Gasteiger partial charge in [0, 0.05) is 11.8 Å². The highest BCUT2D eigenvalue weighted by Crippen LogP contribution is 2.23. The Morgan fingerprint density at radius 3 is 2.95 bits per heavy atom. The van der Waals surface area contributed by atoms with E-state index in [-0.39, 0.29) is 0 Å². The summed E-state index contributed by atoms with van der Waals surface area (Å²) >= 11 is 0. The Morgan fingerprint density at radius 2 is 2.10 bits per heavy atom. The molecule has 4 nitrogen and oxygen atoms in total. The van der Waals surface area contributed by atoms with Crippen molar-refractivity contribution in [1.29, 1.82) is 0 Å². The molecule has 3 aromatic rings. The molecule has 0 aliphatic carbocycles. The minimum Gasteiger partial charge on any atom is -0.337 e.